The van der Waals surface area contributed by atoms with Crippen molar-refractivity contribution < 1.29 is 18.0 Å². The van der Waals surface area contributed by atoms with Crippen LogP contribution in [0.5, 0.6) is 0 Å². The molecule has 1 aliphatic heterocycles. The second-order valence-corrected chi connectivity index (χ2v) is 5.03. The van der Waals surface area contributed by atoms with Gasteiger partial charge in [-0.25, -0.2) is 0 Å². The minimum Gasteiger partial charge on any atom is -0.346 e. The third-order valence-electron chi connectivity index (χ3n) is 3.94. The van der Waals surface area contributed by atoms with Gasteiger partial charge in [-0.15, -0.1) is 12.4 Å². The summed E-state index contributed by atoms with van der Waals surface area (Å²) in [4.78, 5) is 12.0. The molecule has 0 aromatic carbocycles. The third kappa shape index (κ3) is 3.09. The zero-order valence-electron chi connectivity index (χ0n) is 9.98. The first kappa shape index (κ1) is 15.6. The van der Waals surface area contributed by atoms with Gasteiger partial charge < -0.3 is 10.6 Å². The van der Waals surface area contributed by atoms with Gasteiger partial charge in [-0.3, -0.25) is 4.79 Å². The minimum atomic E-state index is -4.33. The number of hydrogen-bond donors (Lipinski definition) is 2. The Hall–Kier alpha value is -0.490. The zero-order valence-corrected chi connectivity index (χ0v) is 10.8. The molecule has 2 rings (SSSR count). The van der Waals surface area contributed by atoms with Crippen molar-refractivity contribution in [2.45, 2.75) is 31.9 Å². The molecule has 3 nitrogen and oxygen atoms in total. The van der Waals surface area contributed by atoms with Crippen LogP contribution in [-0.2, 0) is 4.79 Å². The minimum absolute atomic E-state index is 0. The van der Waals surface area contributed by atoms with Gasteiger partial charge in [0.15, 0.2) is 0 Å². The molecule has 1 saturated heterocycles. The number of nitrogens with one attached hydrogen (secondary N) is 2. The van der Waals surface area contributed by atoms with Crippen LogP contribution in [0.15, 0.2) is 0 Å². The number of halogens is 4. The fraction of sp³-hybridized carbons (Fsp3) is 0.909. The number of amides is 1. The lowest BCUT2D eigenvalue weighted by atomic mass is 9.67. The highest BCUT2D eigenvalue weighted by Crippen LogP contribution is 2.43. The molecule has 0 unspecified atom stereocenters. The summed E-state index contributed by atoms with van der Waals surface area (Å²) in [5.41, 5.74) is -0.594. The van der Waals surface area contributed by atoms with E-state index in [2.05, 4.69) is 10.6 Å². The predicted octanol–water partition coefficient (Wildman–Crippen LogP) is 1.87. The Morgan fingerprint density at radius 1 is 1.39 bits per heavy atom. The molecule has 1 heterocycles. The van der Waals surface area contributed by atoms with Gasteiger partial charge in [-0.2, -0.15) is 13.2 Å². The highest BCUT2D eigenvalue weighted by atomic mass is 35.5. The topological polar surface area (TPSA) is 41.1 Å². The number of rotatable bonds is 2. The molecule has 106 valence electrons. The van der Waals surface area contributed by atoms with E-state index in [1.807, 2.05) is 0 Å². The number of carbonyl (C=O) groups is 1. The van der Waals surface area contributed by atoms with Gasteiger partial charge in [0, 0.05) is 6.54 Å². The smallest absolute Gasteiger partial charge is 0.346 e. The van der Waals surface area contributed by atoms with Crippen LogP contribution in [0.4, 0.5) is 13.2 Å². The second kappa shape index (κ2) is 5.65. The van der Waals surface area contributed by atoms with Crippen molar-refractivity contribution in [1.82, 2.24) is 10.6 Å². The number of carbonyl (C=O) groups excluding carboxylic acids is 1. The zero-order chi connectivity index (χ0) is 12.5. The van der Waals surface area contributed by atoms with E-state index in [-0.39, 0.29) is 18.3 Å². The van der Waals surface area contributed by atoms with Gasteiger partial charge >= 0.3 is 6.18 Å². The fourth-order valence-corrected chi connectivity index (χ4v) is 3.05. The molecular formula is C11H18ClF3N2O. The summed E-state index contributed by atoms with van der Waals surface area (Å²) in [7, 11) is 0. The van der Waals surface area contributed by atoms with Crippen molar-refractivity contribution in [2.75, 3.05) is 19.6 Å². The second-order valence-electron chi connectivity index (χ2n) is 5.03. The summed E-state index contributed by atoms with van der Waals surface area (Å²) >= 11 is 0. The Labute approximate surface area is 110 Å². The number of fused-ring (bicyclic) bond motifs is 1. The van der Waals surface area contributed by atoms with E-state index in [0.717, 1.165) is 25.8 Å². The van der Waals surface area contributed by atoms with Crippen molar-refractivity contribution in [3.8, 4) is 0 Å². The molecule has 18 heavy (non-hydrogen) atoms. The highest BCUT2D eigenvalue weighted by Gasteiger charge is 2.50. The van der Waals surface area contributed by atoms with Gasteiger partial charge in [-0.05, 0) is 25.3 Å². The maximum absolute atomic E-state index is 12.1. The van der Waals surface area contributed by atoms with Gasteiger partial charge in [0.25, 0.3) is 0 Å². The van der Waals surface area contributed by atoms with Crippen LogP contribution in [0.3, 0.4) is 0 Å². The molecule has 1 amide bonds. The average Bonchev–Trinajstić information content (AvgIpc) is 2.69. The molecule has 2 fully saturated rings. The first-order valence-electron chi connectivity index (χ1n) is 6.00. The van der Waals surface area contributed by atoms with Crippen LogP contribution < -0.4 is 10.6 Å². The summed E-state index contributed by atoms with van der Waals surface area (Å²) in [5.74, 6) is -0.228. The van der Waals surface area contributed by atoms with E-state index < -0.39 is 24.0 Å². The van der Waals surface area contributed by atoms with Crippen molar-refractivity contribution in [3.05, 3.63) is 0 Å². The molecule has 2 N–H and O–H groups in total. The van der Waals surface area contributed by atoms with E-state index in [4.69, 9.17) is 0 Å². The lowest BCUT2D eigenvalue weighted by Gasteiger charge is -2.37. The summed E-state index contributed by atoms with van der Waals surface area (Å²) < 4.78 is 36.3. The highest BCUT2D eigenvalue weighted by molar-refractivity contribution is 5.85. The summed E-state index contributed by atoms with van der Waals surface area (Å²) in [6, 6.07) is 0. The Morgan fingerprint density at radius 3 is 2.78 bits per heavy atom. The van der Waals surface area contributed by atoms with Crippen molar-refractivity contribution in [1.29, 1.82) is 0 Å². The largest absolute Gasteiger partial charge is 0.405 e. The van der Waals surface area contributed by atoms with E-state index in [9.17, 15) is 18.0 Å². The molecule has 0 bridgehead atoms. The lowest BCUT2D eigenvalue weighted by molar-refractivity contribution is -0.146. The maximum Gasteiger partial charge on any atom is 0.405 e. The Balaban J connectivity index is 0.00000162. The first-order chi connectivity index (χ1) is 7.94. The lowest BCUT2D eigenvalue weighted by Crippen LogP contribution is -2.49. The van der Waals surface area contributed by atoms with E-state index in [1.54, 1.807) is 0 Å². The molecule has 1 aliphatic carbocycles. The number of alkyl halides is 3. The van der Waals surface area contributed by atoms with Crippen LogP contribution in [0.2, 0.25) is 0 Å². The van der Waals surface area contributed by atoms with E-state index in [0.29, 0.717) is 13.0 Å². The molecule has 1 saturated carbocycles. The molecule has 0 radical (unpaired) electrons. The van der Waals surface area contributed by atoms with Crippen LogP contribution in [0.1, 0.15) is 25.7 Å². The summed E-state index contributed by atoms with van der Waals surface area (Å²) in [6.45, 7) is 0.0428. The van der Waals surface area contributed by atoms with Crippen molar-refractivity contribution >= 4 is 18.3 Å². The van der Waals surface area contributed by atoms with Gasteiger partial charge in [-0.1, -0.05) is 12.8 Å². The molecule has 2 atom stereocenters. The van der Waals surface area contributed by atoms with Crippen molar-refractivity contribution in [3.63, 3.8) is 0 Å². The Kier molecular flexibility index (Phi) is 4.89. The van der Waals surface area contributed by atoms with E-state index >= 15 is 0 Å². The normalized spacial score (nSPS) is 31.4. The standard InChI is InChI=1S/C11H17F3N2O.ClH/c12-11(13,14)7-16-9(17)10-4-2-1-3-8(10)5-15-6-10;/h8,15H,1-7H2,(H,16,17);1H/t8-,10+;/m0./s1. The van der Waals surface area contributed by atoms with Crippen LogP contribution in [0.25, 0.3) is 0 Å². The van der Waals surface area contributed by atoms with Crippen LogP contribution in [0, 0.1) is 11.3 Å². The SMILES string of the molecule is Cl.O=C(NCC(F)(F)F)[C@@]12CCCC[C@H]1CNC2. The predicted molar refractivity (Wildman–Crippen MR) is 63.6 cm³/mol. The molecular weight excluding hydrogens is 269 g/mol. The fourth-order valence-electron chi connectivity index (χ4n) is 3.05. The van der Waals surface area contributed by atoms with E-state index in [1.165, 1.54) is 0 Å². The molecule has 0 spiro atoms. The Bertz CT molecular complexity index is 311. The number of hydrogen-bond acceptors (Lipinski definition) is 2. The maximum atomic E-state index is 12.1. The molecule has 7 heteroatoms. The third-order valence-corrected chi connectivity index (χ3v) is 3.94. The van der Waals surface area contributed by atoms with Crippen molar-refractivity contribution in [2.24, 2.45) is 11.3 Å². The first-order valence-corrected chi connectivity index (χ1v) is 6.00. The van der Waals surface area contributed by atoms with Gasteiger partial charge in [0.1, 0.15) is 6.54 Å². The molecule has 2 aliphatic rings. The van der Waals surface area contributed by atoms with Gasteiger partial charge in [0.2, 0.25) is 5.91 Å². The summed E-state index contributed by atoms with van der Waals surface area (Å²) in [5, 5.41) is 5.19. The monoisotopic (exact) mass is 286 g/mol. The summed E-state index contributed by atoms with van der Waals surface area (Å²) in [6.07, 6.45) is -0.693. The van der Waals surface area contributed by atoms with Crippen LogP contribution in [-0.4, -0.2) is 31.7 Å². The Morgan fingerprint density at radius 2 is 2.11 bits per heavy atom. The quantitative estimate of drug-likeness (QED) is 0.814. The molecule has 0 aromatic rings. The van der Waals surface area contributed by atoms with Crippen LogP contribution >= 0.6 is 12.4 Å². The molecule has 0 aromatic heterocycles. The van der Waals surface area contributed by atoms with Gasteiger partial charge in [0.05, 0.1) is 5.41 Å². The average molecular weight is 287 g/mol.